The van der Waals surface area contributed by atoms with Crippen molar-refractivity contribution < 1.29 is 18.7 Å². The molecular weight excluding hydrogens is 329 g/mol. The van der Waals surface area contributed by atoms with Gasteiger partial charge in [-0.25, -0.2) is 9.18 Å². The zero-order valence-electron chi connectivity index (χ0n) is 12.0. The summed E-state index contributed by atoms with van der Waals surface area (Å²) in [5.74, 6) is 0.0128. The van der Waals surface area contributed by atoms with Crippen LogP contribution in [0.2, 0.25) is 0 Å². The van der Waals surface area contributed by atoms with E-state index in [2.05, 4.69) is 21.2 Å². The van der Waals surface area contributed by atoms with Gasteiger partial charge in [0, 0.05) is 6.07 Å². The van der Waals surface area contributed by atoms with Crippen LogP contribution in [0.5, 0.6) is 5.75 Å². The van der Waals surface area contributed by atoms with Crippen LogP contribution in [0.25, 0.3) is 0 Å². The van der Waals surface area contributed by atoms with E-state index in [4.69, 9.17) is 9.47 Å². The van der Waals surface area contributed by atoms with Crippen molar-refractivity contribution in [3.05, 3.63) is 28.5 Å². The maximum absolute atomic E-state index is 13.3. The molecule has 4 nitrogen and oxygen atoms in total. The lowest BCUT2D eigenvalue weighted by atomic mass is 10.2. The van der Waals surface area contributed by atoms with Crippen LogP contribution in [0.15, 0.2) is 22.7 Å². The molecule has 0 unspecified atom stereocenters. The Hall–Kier alpha value is -1.30. The number of alkyl carbamates (subject to hydrolysis) is 1. The molecule has 0 spiro atoms. The molecule has 0 aliphatic heterocycles. The molecule has 0 saturated heterocycles. The van der Waals surface area contributed by atoms with E-state index in [0.717, 1.165) is 0 Å². The van der Waals surface area contributed by atoms with Gasteiger partial charge in [-0.3, -0.25) is 0 Å². The lowest BCUT2D eigenvalue weighted by molar-refractivity contribution is 0.0494. The van der Waals surface area contributed by atoms with Gasteiger partial charge in [-0.2, -0.15) is 0 Å². The number of nitrogens with one attached hydrogen (secondary N) is 1. The Bertz CT molecular complexity index is 474. The maximum atomic E-state index is 13.3. The molecule has 0 aliphatic rings. The first kappa shape index (κ1) is 16.8. The topological polar surface area (TPSA) is 47.6 Å². The number of ether oxygens (including phenoxy) is 2. The first-order valence-electron chi connectivity index (χ1n) is 6.25. The Balaban J connectivity index is 2.41. The normalized spacial score (nSPS) is 12.7. The maximum Gasteiger partial charge on any atom is 0.407 e. The molecule has 1 aromatic rings. The highest BCUT2D eigenvalue weighted by atomic mass is 79.9. The third kappa shape index (κ3) is 6.23. The quantitative estimate of drug-likeness (QED) is 0.898. The van der Waals surface area contributed by atoms with Crippen molar-refractivity contribution in [2.24, 2.45) is 0 Å². The van der Waals surface area contributed by atoms with Gasteiger partial charge < -0.3 is 14.8 Å². The molecule has 1 rings (SSSR count). The summed E-state index contributed by atoms with van der Waals surface area (Å²) in [4.78, 5) is 11.5. The minimum absolute atomic E-state index is 0.223. The number of carbonyl (C=O) groups excluding carboxylic acids is 1. The summed E-state index contributed by atoms with van der Waals surface area (Å²) in [7, 11) is 0. The van der Waals surface area contributed by atoms with E-state index in [-0.39, 0.29) is 12.6 Å². The van der Waals surface area contributed by atoms with Crippen molar-refractivity contribution in [1.82, 2.24) is 5.32 Å². The van der Waals surface area contributed by atoms with Gasteiger partial charge in [0.2, 0.25) is 0 Å². The number of amides is 1. The molecule has 0 radical (unpaired) electrons. The van der Waals surface area contributed by atoms with E-state index >= 15 is 0 Å². The standard InChI is InChI=1S/C14H19BrFNO3/c1-9(17-13(18)20-14(2,3)4)8-19-10-5-6-11(15)12(16)7-10/h5-7,9H,8H2,1-4H3,(H,17,18)/t9-/m0/s1. The van der Waals surface area contributed by atoms with Gasteiger partial charge in [0.05, 0.1) is 10.5 Å². The molecule has 0 aliphatic carbocycles. The van der Waals surface area contributed by atoms with Crippen LogP contribution < -0.4 is 10.1 Å². The summed E-state index contributed by atoms with van der Waals surface area (Å²) in [5.41, 5.74) is -0.542. The monoisotopic (exact) mass is 347 g/mol. The summed E-state index contributed by atoms with van der Waals surface area (Å²) in [5, 5.41) is 2.64. The smallest absolute Gasteiger partial charge is 0.407 e. The largest absolute Gasteiger partial charge is 0.491 e. The Morgan fingerprint density at radius 3 is 2.65 bits per heavy atom. The van der Waals surface area contributed by atoms with Gasteiger partial charge in [-0.15, -0.1) is 0 Å². The molecule has 20 heavy (non-hydrogen) atoms. The third-order valence-electron chi connectivity index (χ3n) is 2.15. The van der Waals surface area contributed by atoms with Crippen molar-refractivity contribution in [2.45, 2.75) is 39.3 Å². The minimum Gasteiger partial charge on any atom is -0.491 e. The van der Waals surface area contributed by atoms with E-state index in [0.29, 0.717) is 10.2 Å². The van der Waals surface area contributed by atoms with Crippen LogP contribution in [0.1, 0.15) is 27.7 Å². The number of hydrogen-bond acceptors (Lipinski definition) is 3. The van der Waals surface area contributed by atoms with Crippen molar-refractivity contribution in [3.8, 4) is 5.75 Å². The molecular formula is C14H19BrFNO3. The van der Waals surface area contributed by atoms with Crippen LogP contribution in [0.4, 0.5) is 9.18 Å². The van der Waals surface area contributed by atoms with Crippen molar-refractivity contribution in [3.63, 3.8) is 0 Å². The molecule has 0 aromatic heterocycles. The highest BCUT2D eigenvalue weighted by Gasteiger charge is 2.17. The summed E-state index contributed by atoms with van der Waals surface area (Å²) < 4.78 is 24.2. The Morgan fingerprint density at radius 2 is 2.10 bits per heavy atom. The van der Waals surface area contributed by atoms with Crippen LogP contribution in [0, 0.1) is 5.82 Å². The zero-order chi connectivity index (χ0) is 15.3. The SMILES string of the molecule is C[C@@H](COc1ccc(Br)c(F)c1)NC(=O)OC(C)(C)C. The van der Waals surface area contributed by atoms with Crippen molar-refractivity contribution in [2.75, 3.05) is 6.61 Å². The number of rotatable bonds is 4. The minimum atomic E-state index is -0.542. The Labute approximate surface area is 126 Å². The van der Waals surface area contributed by atoms with E-state index in [1.807, 2.05) is 0 Å². The van der Waals surface area contributed by atoms with E-state index in [1.54, 1.807) is 39.8 Å². The first-order chi connectivity index (χ1) is 9.17. The van der Waals surface area contributed by atoms with Gasteiger partial charge in [0.15, 0.2) is 0 Å². The summed E-state index contributed by atoms with van der Waals surface area (Å²) >= 11 is 3.07. The molecule has 0 saturated carbocycles. The fraction of sp³-hybridized carbons (Fsp3) is 0.500. The molecule has 1 aromatic carbocycles. The Morgan fingerprint density at radius 1 is 1.45 bits per heavy atom. The molecule has 1 atom stereocenters. The van der Waals surface area contributed by atoms with Crippen LogP contribution in [0.3, 0.4) is 0 Å². The van der Waals surface area contributed by atoms with Crippen LogP contribution in [-0.4, -0.2) is 24.3 Å². The fourth-order valence-corrected chi connectivity index (χ4v) is 1.58. The predicted molar refractivity (Wildman–Crippen MR) is 78.4 cm³/mol. The lowest BCUT2D eigenvalue weighted by Crippen LogP contribution is -2.40. The average molecular weight is 348 g/mol. The number of halogens is 2. The molecule has 6 heteroatoms. The highest BCUT2D eigenvalue weighted by Crippen LogP contribution is 2.20. The second-order valence-electron chi connectivity index (χ2n) is 5.43. The number of benzene rings is 1. The second kappa shape index (κ2) is 6.92. The van der Waals surface area contributed by atoms with E-state index in [1.165, 1.54) is 6.07 Å². The van der Waals surface area contributed by atoms with E-state index in [9.17, 15) is 9.18 Å². The third-order valence-corrected chi connectivity index (χ3v) is 2.80. The zero-order valence-corrected chi connectivity index (χ0v) is 13.6. The molecule has 0 heterocycles. The van der Waals surface area contributed by atoms with E-state index < -0.39 is 17.5 Å². The average Bonchev–Trinajstić information content (AvgIpc) is 2.28. The molecule has 1 N–H and O–H groups in total. The molecule has 0 bridgehead atoms. The summed E-state index contributed by atoms with van der Waals surface area (Å²) in [6.07, 6.45) is -0.504. The number of carbonyl (C=O) groups is 1. The van der Waals surface area contributed by atoms with Gasteiger partial charge >= 0.3 is 6.09 Å². The molecule has 0 fully saturated rings. The summed E-state index contributed by atoms with van der Waals surface area (Å²) in [6.45, 7) is 7.37. The van der Waals surface area contributed by atoms with Gasteiger partial charge in [0.1, 0.15) is 23.8 Å². The first-order valence-corrected chi connectivity index (χ1v) is 7.04. The predicted octanol–water partition coefficient (Wildman–Crippen LogP) is 3.88. The fourth-order valence-electron chi connectivity index (χ4n) is 1.34. The number of hydrogen-bond donors (Lipinski definition) is 1. The van der Waals surface area contributed by atoms with Gasteiger partial charge in [-0.05, 0) is 55.8 Å². The Kier molecular flexibility index (Phi) is 5.80. The van der Waals surface area contributed by atoms with Crippen LogP contribution >= 0.6 is 15.9 Å². The second-order valence-corrected chi connectivity index (χ2v) is 6.29. The molecule has 112 valence electrons. The van der Waals surface area contributed by atoms with Gasteiger partial charge in [-0.1, -0.05) is 0 Å². The lowest BCUT2D eigenvalue weighted by Gasteiger charge is -2.22. The molecule has 1 amide bonds. The highest BCUT2D eigenvalue weighted by molar-refractivity contribution is 9.10. The van der Waals surface area contributed by atoms with Gasteiger partial charge in [0.25, 0.3) is 0 Å². The van der Waals surface area contributed by atoms with Crippen molar-refractivity contribution >= 4 is 22.0 Å². The summed E-state index contributed by atoms with van der Waals surface area (Å²) in [6, 6.07) is 4.24. The van der Waals surface area contributed by atoms with Crippen molar-refractivity contribution in [1.29, 1.82) is 0 Å². The van der Waals surface area contributed by atoms with Crippen LogP contribution in [-0.2, 0) is 4.74 Å².